The fourth-order valence-corrected chi connectivity index (χ4v) is 3.81. The average molecular weight is 384 g/mol. The summed E-state index contributed by atoms with van der Waals surface area (Å²) in [6, 6.07) is 6.61. The molecule has 0 radical (unpaired) electrons. The van der Waals surface area contributed by atoms with Crippen LogP contribution in [0.5, 0.6) is 0 Å². The van der Waals surface area contributed by atoms with Gasteiger partial charge in [-0.15, -0.1) is 0 Å². The molecule has 1 heterocycles. The normalized spacial score (nSPS) is 16.9. The molecule has 1 fully saturated rings. The van der Waals surface area contributed by atoms with Crippen LogP contribution in [-0.2, 0) is 6.42 Å². The first kappa shape index (κ1) is 20.8. The maximum atomic E-state index is 5.85. The number of hydrogen-bond acceptors (Lipinski definition) is 5. The number of anilines is 2. The quantitative estimate of drug-likeness (QED) is 0.629. The lowest BCUT2D eigenvalue weighted by Gasteiger charge is -2.29. The van der Waals surface area contributed by atoms with Crippen molar-refractivity contribution >= 4 is 22.7 Å². The molecule has 0 amide bonds. The van der Waals surface area contributed by atoms with Gasteiger partial charge in [-0.2, -0.15) is 4.98 Å². The van der Waals surface area contributed by atoms with E-state index in [-0.39, 0.29) is 11.5 Å². The Morgan fingerprint density at radius 2 is 1.89 bits per heavy atom. The van der Waals surface area contributed by atoms with Gasteiger partial charge in [-0.1, -0.05) is 52.2 Å². The average Bonchev–Trinajstić information content (AvgIpc) is 2.67. The maximum absolute atomic E-state index is 5.85. The van der Waals surface area contributed by atoms with Crippen LogP contribution >= 0.6 is 0 Å². The fraction of sp³-hybridized carbons (Fsp3) is 0.652. The SMILES string of the molecule is C[C@@H](Nc1nc(NCC2CCCCC2)nc2c(CCN)cccc12)C(C)(C)C. The van der Waals surface area contributed by atoms with Gasteiger partial charge in [-0.05, 0) is 55.7 Å². The summed E-state index contributed by atoms with van der Waals surface area (Å²) in [5.74, 6) is 2.38. The molecule has 3 rings (SSSR count). The third-order valence-electron chi connectivity index (χ3n) is 6.15. The van der Waals surface area contributed by atoms with Gasteiger partial charge in [0.2, 0.25) is 5.95 Å². The number of benzene rings is 1. The minimum Gasteiger partial charge on any atom is -0.366 e. The molecule has 0 bridgehead atoms. The van der Waals surface area contributed by atoms with E-state index in [2.05, 4.69) is 56.5 Å². The largest absolute Gasteiger partial charge is 0.366 e. The first-order valence-electron chi connectivity index (χ1n) is 10.9. The van der Waals surface area contributed by atoms with Crippen LogP contribution in [0.2, 0.25) is 0 Å². The van der Waals surface area contributed by atoms with Crippen molar-refractivity contribution in [2.45, 2.75) is 72.3 Å². The van der Waals surface area contributed by atoms with Crippen molar-refractivity contribution in [2.75, 3.05) is 23.7 Å². The summed E-state index contributed by atoms with van der Waals surface area (Å²) in [6.07, 6.45) is 7.52. The monoisotopic (exact) mass is 383 g/mol. The zero-order chi connectivity index (χ0) is 20.1. The van der Waals surface area contributed by atoms with E-state index in [1.807, 2.05) is 0 Å². The van der Waals surface area contributed by atoms with Crippen LogP contribution in [0.3, 0.4) is 0 Å². The molecule has 1 aromatic carbocycles. The van der Waals surface area contributed by atoms with Crippen LogP contribution in [0.25, 0.3) is 10.9 Å². The molecule has 1 aliphatic carbocycles. The first-order chi connectivity index (χ1) is 13.4. The van der Waals surface area contributed by atoms with E-state index in [1.54, 1.807) is 0 Å². The van der Waals surface area contributed by atoms with Gasteiger partial charge in [-0.3, -0.25) is 0 Å². The van der Waals surface area contributed by atoms with Crippen LogP contribution in [0.4, 0.5) is 11.8 Å². The summed E-state index contributed by atoms with van der Waals surface area (Å²) in [7, 11) is 0. The van der Waals surface area contributed by atoms with E-state index >= 15 is 0 Å². The van der Waals surface area contributed by atoms with Crippen molar-refractivity contribution in [1.82, 2.24) is 9.97 Å². The third kappa shape index (κ3) is 5.13. The minimum atomic E-state index is 0.141. The summed E-state index contributed by atoms with van der Waals surface area (Å²) in [6.45, 7) is 10.5. The smallest absolute Gasteiger partial charge is 0.225 e. The van der Waals surface area contributed by atoms with Gasteiger partial charge in [0.25, 0.3) is 0 Å². The predicted molar refractivity (Wildman–Crippen MR) is 120 cm³/mol. The summed E-state index contributed by atoms with van der Waals surface area (Å²) < 4.78 is 0. The molecular formula is C23H37N5. The van der Waals surface area contributed by atoms with E-state index < -0.39 is 0 Å². The second kappa shape index (κ2) is 9.08. The third-order valence-corrected chi connectivity index (χ3v) is 6.15. The molecule has 5 nitrogen and oxygen atoms in total. The molecule has 154 valence electrons. The number of fused-ring (bicyclic) bond motifs is 1. The lowest BCUT2D eigenvalue weighted by Crippen LogP contribution is -2.31. The Morgan fingerprint density at radius 3 is 2.57 bits per heavy atom. The molecule has 1 atom stereocenters. The Morgan fingerprint density at radius 1 is 1.14 bits per heavy atom. The van der Waals surface area contributed by atoms with Crippen LogP contribution in [-0.4, -0.2) is 29.1 Å². The fourth-order valence-electron chi connectivity index (χ4n) is 3.81. The highest BCUT2D eigenvalue weighted by Gasteiger charge is 2.22. The Hall–Kier alpha value is -1.88. The van der Waals surface area contributed by atoms with Gasteiger partial charge in [-0.25, -0.2) is 4.98 Å². The van der Waals surface area contributed by atoms with Gasteiger partial charge in [0.05, 0.1) is 5.52 Å². The van der Waals surface area contributed by atoms with Gasteiger partial charge < -0.3 is 16.4 Å². The number of para-hydroxylation sites is 1. The molecular weight excluding hydrogens is 346 g/mol. The lowest BCUT2D eigenvalue weighted by molar-refractivity contribution is 0.359. The number of nitrogens with one attached hydrogen (secondary N) is 2. The number of nitrogens with two attached hydrogens (primary N) is 1. The van der Waals surface area contributed by atoms with E-state index in [0.29, 0.717) is 6.54 Å². The molecule has 4 N–H and O–H groups in total. The van der Waals surface area contributed by atoms with Crippen LogP contribution in [0, 0.1) is 11.3 Å². The zero-order valence-corrected chi connectivity index (χ0v) is 18.0. The van der Waals surface area contributed by atoms with Crippen molar-refractivity contribution in [3.63, 3.8) is 0 Å². The Labute approximate surface area is 169 Å². The van der Waals surface area contributed by atoms with Gasteiger partial charge in [0.15, 0.2) is 0 Å². The van der Waals surface area contributed by atoms with E-state index in [9.17, 15) is 0 Å². The van der Waals surface area contributed by atoms with Gasteiger partial charge in [0.1, 0.15) is 5.82 Å². The molecule has 0 saturated heterocycles. The van der Waals surface area contributed by atoms with E-state index in [1.165, 1.54) is 37.7 Å². The van der Waals surface area contributed by atoms with Crippen molar-refractivity contribution < 1.29 is 0 Å². The maximum Gasteiger partial charge on any atom is 0.225 e. The van der Waals surface area contributed by atoms with Gasteiger partial charge in [0, 0.05) is 18.0 Å². The number of aromatic nitrogens is 2. The molecule has 0 unspecified atom stereocenters. The predicted octanol–water partition coefficient (Wildman–Crippen LogP) is 4.97. The van der Waals surface area contributed by atoms with Crippen molar-refractivity contribution in [3.05, 3.63) is 23.8 Å². The van der Waals surface area contributed by atoms with Crippen molar-refractivity contribution in [3.8, 4) is 0 Å². The number of rotatable bonds is 7. The molecule has 0 spiro atoms. The Kier molecular flexibility index (Phi) is 6.76. The zero-order valence-electron chi connectivity index (χ0n) is 18.0. The molecule has 1 saturated carbocycles. The Bertz CT molecular complexity index is 774. The van der Waals surface area contributed by atoms with Gasteiger partial charge >= 0.3 is 0 Å². The summed E-state index contributed by atoms with van der Waals surface area (Å²) >= 11 is 0. The van der Waals surface area contributed by atoms with Crippen LogP contribution < -0.4 is 16.4 Å². The molecule has 2 aromatic rings. The standard InChI is InChI=1S/C23H37N5/c1-16(23(2,3)4)26-21-19-12-8-11-18(13-14-24)20(19)27-22(28-21)25-15-17-9-6-5-7-10-17/h8,11-12,16-17H,5-7,9-10,13-15,24H2,1-4H3,(H2,25,26,27,28)/t16-/m1/s1. The van der Waals surface area contributed by atoms with Crippen LogP contribution in [0.1, 0.15) is 65.4 Å². The van der Waals surface area contributed by atoms with Crippen LogP contribution in [0.15, 0.2) is 18.2 Å². The van der Waals surface area contributed by atoms with Crippen molar-refractivity contribution in [1.29, 1.82) is 0 Å². The number of nitrogens with zero attached hydrogens (tertiary/aromatic N) is 2. The highest BCUT2D eigenvalue weighted by molar-refractivity contribution is 5.92. The topological polar surface area (TPSA) is 75.9 Å². The highest BCUT2D eigenvalue weighted by Crippen LogP contribution is 2.29. The highest BCUT2D eigenvalue weighted by atomic mass is 15.2. The summed E-state index contributed by atoms with van der Waals surface area (Å²) in [5, 5.41) is 8.26. The Balaban J connectivity index is 1.92. The second-order valence-electron chi connectivity index (χ2n) is 9.36. The molecule has 1 aromatic heterocycles. The molecule has 0 aliphatic heterocycles. The molecule has 1 aliphatic rings. The lowest BCUT2D eigenvalue weighted by atomic mass is 9.88. The molecule has 5 heteroatoms. The summed E-state index contributed by atoms with van der Waals surface area (Å²) in [5.41, 5.74) is 8.19. The number of hydrogen-bond donors (Lipinski definition) is 3. The van der Waals surface area contributed by atoms with E-state index in [0.717, 1.165) is 41.6 Å². The summed E-state index contributed by atoms with van der Waals surface area (Å²) in [4.78, 5) is 9.77. The first-order valence-corrected chi connectivity index (χ1v) is 10.9. The van der Waals surface area contributed by atoms with Crippen molar-refractivity contribution in [2.24, 2.45) is 17.1 Å². The minimum absolute atomic E-state index is 0.141. The van der Waals surface area contributed by atoms with E-state index in [4.69, 9.17) is 15.7 Å². The second-order valence-corrected chi connectivity index (χ2v) is 9.36. The molecule has 28 heavy (non-hydrogen) atoms.